The smallest absolute Gasteiger partial charge is 0.123 e. The van der Waals surface area contributed by atoms with Gasteiger partial charge in [-0.15, -0.1) is 0 Å². The Morgan fingerprint density at radius 2 is 1.60 bits per heavy atom. The number of benzene rings is 2. The summed E-state index contributed by atoms with van der Waals surface area (Å²) < 4.78 is 15.3. The highest BCUT2D eigenvalue weighted by molar-refractivity contribution is 6.33. The lowest BCUT2D eigenvalue weighted by molar-refractivity contribution is 0.183. The van der Waals surface area contributed by atoms with E-state index in [9.17, 15) is 4.39 Å². The molecule has 1 saturated carbocycles. The molecule has 1 aliphatic carbocycles. The Labute approximate surface area is 181 Å². The Morgan fingerprint density at radius 1 is 0.867 bits per heavy atom. The van der Waals surface area contributed by atoms with Crippen LogP contribution in [0.2, 0.25) is 5.02 Å². The fourth-order valence-electron chi connectivity index (χ4n) is 4.86. The van der Waals surface area contributed by atoms with Crippen LogP contribution < -0.4 is 4.90 Å². The molecule has 1 aliphatic heterocycles. The number of aromatic nitrogens is 2. The van der Waals surface area contributed by atoms with E-state index in [0.717, 1.165) is 61.0 Å². The minimum absolute atomic E-state index is 0.216. The Bertz CT molecular complexity index is 994. The van der Waals surface area contributed by atoms with Crippen LogP contribution in [0.4, 0.5) is 10.1 Å². The molecule has 5 rings (SSSR count). The molecule has 0 spiro atoms. The number of hydrogen-bond acceptors (Lipinski definition) is 3. The predicted octanol–water partition coefficient (Wildman–Crippen LogP) is 5.26. The fourth-order valence-corrected chi connectivity index (χ4v) is 5.11. The van der Waals surface area contributed by atoms with Gasteiger partial charge in [-0.05, 0) is 61.7 Å². The number of rotatable bonds is 4. The third-order valence-electron chi connectivity index (χ3n) is 6.52. The van der Waals surface area contributed by atoms with Crippen LogP contribution in [-0.4, -0.2) is 46.9 Å². The standard InChI is InChI=1S/C24H26ClFN4/c25-22-3-1-2-4-24(22)29-15-13-28(14-16-29)20-9-10-21(17-20)30-12-11-23(27-30)18-5-7-19(26)8-6-18/h1-8,11-12,20-21H,9-10,13-17H2. The van der Waals surface area contributed by atoms with Gasteiger partial charge in [0.15, 0.2) is 0 Å². The number of nitrogens with zero attached hydrogens (tertiary/aromatic N) is 4. The van der Waals surface area contributed by atoms with E-state index in [-0.39, 0.29) is 5.82 Å². The van der Waals surface area contributed by atoms with Crippen molar-refractivity contribution in [3.63, 3.8) is 0 Å². The van der Waals surface area contributed by atoms with E-state index in [0.29, 0.717) is 12.1 Å². The molecule has 6 heteroatoms. The maximum Gasteiger partial charge on any atom is 0.123 e. The lowest BCUT2D eigenvalue weighted by Gasteiger charge is -2.39. The molecule has 2 aromatic carbocycles. The van der Waals surface area contributed by atoms with Gasteiger partial charge in [0, 0.05) is 44.0 Å². The van der Waals surface area contributed by atoms with Crippen LogP contribution in [0, 0.1) is 5.82 Å². The van der Waals surface area contributed by atoms with Gasteiger partial charge >= 0.3 is 0 Å². The molecule has 1 aromatic heterocycles. The van der Waals surface area contributed by atoms with E-state index in [1.807, 2.05) is 18.2 Å². The van der Waals surface area contributed by atoms with E-state index in [4.69, 9.17) is 16.7 Å². The summed E-state index contributed by atoms with van der Waals surface area (Å²) in [5.74, 6) is -0.216. The lowest BCUT2D eigenvalue weighted by atomic mass is 10.1. The Hall–Kier alpha value is -2.37. The molecule has 0 amide bonds. The monoisotopic (exact) mass is 424 g/mol. The maximum absolute atomic E-state index is 13.2. The second kappa shape index (κ2) is 8.40. The quantitative estimate of drug-likeness (QED) is 0.571. The highest BCUT2D eigenvalue weighted by Gasteiger charge is 2.32. The van der Waals surface area contributed by atoms with Crippen molar-refractivity contribution in [2.45, 2.75) is 31.3 Å². The van der Waals surface area contributed by atoms with Crippen LogP contribution in [0.15, 0.2) is 60.8 Å². The summed E-state index contributed by atoms with van der Waals surface area (Å²) >= 11 is 6.38. The van der Waals surface area contributed by atoms with Gasteiger partial charge in [0.05, 0.1) is 22.4 Å². The maximum atomic E-state index is 13.2. The summed E-state index contributed by atoms with van der Waals surface area (Å²) in [4.78, 5) is 5.03. The van der Waals surface area contributed by atoms with E-state index >= 15 is 0 Å². The second-order valence-electron chi connectivity index (χ2n) is 8.28. The summed E-state index contributed by atoms with van der Waals surface area (Å²) in [7, 11) is 0. The molecule has 1 saturated heterocycles. The Morgan fingerprint density at radius 3 is 2.37 bits per heavy atom. The third-order valence-corrected chi connectivity index (χ3v) is 6.84. The molecular formula is C24H26ClFN4. The SMILES string of the molecule is Fc1ccc(-c2ccn(C3CCC(N4CCN(c5ccccc5Cl)CC4)C3)n2)cc1. The molecule has 0 N–H and O–H groups in total. The zero-order chi connectivity index (χ0) is 20.5. The molecule has 0 radical (unpaired) electrons. The van der Waals surface area contributed by atoms with Crippen LogP contribution in [0.5, 0.6) is 0 Å². The topological polar surface area (TPSA) is 24.3 Å². The zero-order valence-corrected chi connectivity index (χ0v) is 17.7. The first-order valence-electron chi connectivity index (χ1n) is 10.7. The summed E-state index contributed by atoms with van der Waals surface area (Å²) in [5.41, 5.74) is 3.01. The van der Waals surface area contributed by atoms with Crippen molar-refractivity contribution in [3.05, 3.63) is 71.6 Å². The van der Waals surface area contributed by atoms with Gasteiger partial charge in [-0.2, -0.15) is 5.10 Å². The first-order chi connectivity index (χ1) is 14.7. The van der Waals surface area contributed by atoms with Gasteiger partial charge in [-0.3, -0.25) is 9.58 Å². The molecular weight excluding hydrogens is 399 g/mol. The van der Waals surface area contributed by atoms with E-state index in [1.165, 1.54) is 18.6 Å². The van der Waals surface area contributed by atoms with Crippen molar-refractivity contribution in [1.82, 2.24) is 14.7 Å². The van der Waals surface area contributed by atoms with Crippen molar-refractivity contribution < 1.29 is 4.39 Å². The van der Waals surface area contributed by atoms with Gasteiger partial charge in [0.2, 0.25) is 0 Å². The lowest BCUT2D eigenvalue weighted by Crippen LogP contribution is -2.49. The van der Waals surface area contributed by atoms with E-state index in [1.54, 1.807) is 12.1 Å². The van der Waals surface area contributed by atoms with Gasteiger partial charge in [0.25, 0.3) is 0 Å². The molecule has 4 nitrogen and oxygen atoms in total. The van der Waals surface area contributed by atoms with Crippen molar-refractivity contribution in [2.24, 2.45) is 0 Å². The molecule has 0 bridgehead atoms. The van der Waals surface area contributed by atoms with Gasteiger partial charge < -0.3 is 4.90 Å². The molecule has 30 heavy (non-hydrogen) atoms. The molecule has 2 unspecified atom stereocenters. The summed E-state index contributed by atoms with van der Waals surface area (Å²) in [6.45, 7) is 4.17. The number of hydrogen-bond donors (Lipinski definition) is 0. The van der Waals surface area contributed by atoms with Crippen LogP contribution in [0.3, 0.4) is 0 Å². The van der Waals surface area contributed by atoms with Gasteiger partial charge in [-0.1, -0.05) is 23.7 Å². The first kappa shape index (κ1) is 19.6. The normalized spacial score (nSPS) is 22.5. The van der Waals surface area contributed by atoms with Gasteiger partial charge in [-0.25, -0.2) is 4.39 Å². The first-order valence-corrected chi connectivity index (χ1v) is 11.1. The summed E-state index contributed by atoms with van der Waals surface area (Å²) in [6, 6.07) is 17.8. The number of anilines is 1. The van der Waals surface area contributed by atoms with Crippen molar-refractivity contribution in [3.8, 4) is 11.3 Å². The Kier molecular flexibility index (Phi) is 5.48. The predicted molar refractivity (Wildman–Crippen MR) is 120 cm³/mol. The highest BCUT2D eigenvalue weighted by Crippen LogP contribution is 2.35. The van der Waals surface area contributed by atoms with E-state index in [2.05, 4.69) is 32.8 Å². The van der Waals surface area contributed by atoms with Crippen molar-refractivity contribution >= 4 is 17.3 Å². The van der Waals surface area contributed by atoms with Crippen LogP contribution >= 0.6 is 11.6 Å². The van der Waals surface area contributed by atoms with Crippen molar-refractivity contribution in [2.75, 3.05) is 31.1 Å². The average Bonchev–Trinajstić information content (AvgIpc) is 3.45. The molecule has 156 valence electrons. The number of halogens is 2. The minimum Gasteiger partial charge on any atom is -0.368 e. The number of para-hydroxylation sites is 1. The molecule has 2 aliphatic rings. The molecule has 3 aromatic rings. The van der Waals surface area contributed by atoms with Crippen LogP contribution in [-0.2, 0) is 0 Å². The van der Waals surface area contributed by atoms with Crippen molar-refractivity contribution in [1.29, 1.82) is 0 Å². The third kappa shape index (κ3) is 3.96. The second-order valence-corrected chi connectivity index (χ2v) is 8.69. The molecule has 2 atom stereocenters. The zero-order valence-electron chi connectivity index (χ0n) is 16.9. The average molecular weight is 425 g/mol. The minimum atomic E-state index is -0.216. The van der Waals surface area contributed by atoms with E-state index < -0.39 is 0 Å². The highest BCUT2D eigenvalue weighted by atomic mass is 35.5. The summed E-state index contributed by atoms with van der Waals surface area (Å²) in [6.07, 6.45) is 5.57. The van der Waals surface area contributed by atoms with Gasteiger partial charge in [0.1, 0.15) is 5.82 Å². The van der Waals surface area contributed by atoms with Crippen LogP contribution in [0.1, 0.15) is 25.3 Å². The number of piperazine rings is 1. The fraction of sp³-hybridized carbons (Fsp3) is 0.375. The summed E-state index contributed by atoms with van der Waals surface area (Å²) in [5, 5.41) is 5.62. The molecule has 2 heterocycles. The largest absolute Gasteiger partial charge is 0.368 e. The molecule has 2 fully saturated rings. The van der Waals surface area contributed by atoms with Crippen LogP contribution in [0.25, 0.3) is 11.3 Å². The Balaban J connectivity index is 1.19.